The topological polar surface area (TPSA) is 44.5 Å². The lowest BCUT2D eigenvalue weighted by Crippen LogP contribution is -2.38. The fourth-order valence-corrected chi connectivity index (χ4v) is 5.05. The molecule has 0 unspecified atom stereocenters. The van der Waals surface area contributed by atoms with Gasteiger partial charge in [-0.3, -0.25) is 0 Å². The number of rotatable bonds is 5. The first-order valence-corrected chi connectivity index (χ1v) is 10.1. The normalized spacial score (nSPS) is 21.8. The summed E-state index contributed by atoms with van der Waals surface area (Å²) < 4.78 is 12.1. The number of methoxy groups -OCH3 is 1. The van der Waals surface area contributed by atoms with Crippen LogP contribution in [0.25, 0.3) is 0 Å². The fraction of sp³-hybridized carbons (Fsp3) is 0.684. The van der Waals surface area contributed by atoms with Gasteiger partial charge in [-0.05, 0) is 43.3 Å². The van der Waals surface area contributed by atoms with E-state index < -0.39 is 0 Å². The molecule has 2 fully saturated rings. The first-order chi connectivity index (χ1) is 11.3. The average Bonchev–Trinajstić information content (AvgIpc) is 2.63. The van der Waals surface area contributed by atoms with Gasteiger partial charge in [0.05, 0.1) is 7.11 Å². The van der Waals surface area contributed by atoms with Crippen LogP contribution in [0.2, 0.25) is 0 Å². The fourth-order valence-electron chi connectivity index (χ4n) is 3.99. The van der Waals surface area contributed by atoms with Crippen molar-refractivity contribution in [1.82, 2.24) is 0 Å². The molecule has 23 heavy (non-hydrogen) atoms. The van der Waals surface area contributed by atoms with Crippen molar-refractivity contribution >= 4 is 11.8 Å². The van der Waals surface area contributed by atoms with Crippen LogP contribution in [0.3, 0.4) is 0 Å². The van der Waals surface area contributed by atoms with Gasteiger partial charge in [0.25, 0.3) is 0 Å². The van der Waals surface area contributed by atoms with Crippen LogP contribution >= 0.6 is 11.8 Å². The SMILES string of the molecule is COc1cccc(C2(CN)CCCCC2)c1OC1CCSCC1. The van der Waals surface area contributed by atoms with Crippen LogP contribution in [0, 0.1) is 0 Å². The number of para-hydroxylation sites is 1. The van der Waals surface area contributed by atoms with Crippen LogP contribution < -0.4 is 15.2 Å². The van der Waals surface area contributed by atoms with Crippen LogP contribution in [0.1, 0.15) is 50.5 Å². The Hall–Kier alpha value is -0.870. The van der Waals surface area contributed by atoms with E-state index in [9.17, 15) is 0 Å². The molecular weight excluding hydrogens is 306 g/mol. The van der Waals surface area contributed by atoms with Gasteiger partial charge in [-0.25, -0.2) is 0 Å². The number of hydrogen-bond donors (Lipinski definition) is 1. The van der Waals surface area contributed by atoms with Gasteiger partial charge in [0, 0.05) is 17.5 Å². The summed E-state index contributed by atoms with van der Waals surface area (Å²) in [5, 5.41) is 0. The Morgan fingerprint density at radius 3 is 2.57 bits per heavy atom. The molecule has 0 bridgehead atoms. The highest BCUT2D eigenvalue weighted by atomic mass is 32.2. The van der Waals surface area contributed by atoms with Crippen LogP contribution in [0.15, 0.2) is 18.2 Å². The second-order valence-corrected chi connectivity index (χ2v) is 8.04. The molecule has 1 aromatic rings. The van der Waals surface area contributed by atoms with Crippen LogP contribution in [0.4, 0.5) is 0 Å². The van der Waals surface area contributed by atoms with Crippen molar-refractivity contribution in [2.24, 2.45) is 5.73 Å². The average molecular weight is 336 g/mol. The molecule has 1 heterocycles. The second kappa shape index (κ2) is 7.80. The molecule has 0 aromatic heterocycles. The zero-order valence-electron chi connectivity index (χ0n) is 14.2. The standard InChI is InChI=1S/C19H29NO2S/c1-21-17-7-5-6-16(19(14-20)10-3-2-4-11-19)18(17)22-15-8-12-23-13-9-15/h5-7,15H,2-4,8-14,20H2,1H3. The lowest BCUT2D eigenvalue weighted by atomic mass is 9.69. The van der Waals surface area contributed by atoms with E-state index in [0.717, 1.165) is 37.2 Å². The molecule has 128 valence electrons. The molecule has 2 aliphatic rings. The smallest absolute Gasteiger partial charge is 0.165 e. The minimum atomic E-state index is 0.0611. The first-order valence-electron chi connectivity index (χ1n) is 8.91. The van der Waals surface area contributed by atoms with E-state index in [1.54, 1.807) is 7.11 Å². The van der Waals surface area contributed by atoms with Crippen LogP contribution in [-0.2, 0) is 5.41 Å². The van der Waals surface area contributed by atoms with Gasteiger partial charge < -0.3 is 15.2 Å². The first kappa shape index (κ1) is 17.0. The van der Waals surface area contributed by atoms with E-state index in [0.29, 0.717) is 12.6 Å². The van der Waals surface area contributed by atoms with Crippen molar-refractivity contribution < 1.29 is 9.47 Å². The molecule has 2 N–H and O–H groups in total. The molecular formula is C19H29NO2S. The van der Waals surface area contributed by atoms with Gasteiger partial charge in [-0.1, -0.05) is 31.4 Å². The van der Waals surface area contributed by atoms with E-state index in [2.05, 4.69) is 12.1 Å². The summed E-state index contributed by atoms with van der Waals surface area (Å²) >= 11 is 2.02. The van der Waals surface area contributed by atoms with Crippen molar-refractivity contribution in [1.29, 1.82) is 0 Å². The highest BCUT2D eigenvalue weighted by Crippen LogP contribution is 2.46. The summed E-state index contributed by atoms with van der Waals surface area (Å²) in [7, 11) is 1.73. The Kier molecular flexibility index (Phi) is 5.76. The summed E-state index contributed by atoms with van der Waals surface area (Å²) in [5.41, 5.74) is 7.60. The number of ether oxygens (including phenoxy) is 2. The van der Waals surface area contributed by atoms with Gasteiger partial charge in [0.2, 0.25) is 0 Å². The van der Waals surface area contributed by atoms with Gasteiger partial charge in [0.1, 0.15) is 6.10 Å². The van der Waals surface area contributed by atoms with E-state index in [1.807, 2.05) is 17.8 Å². The highest BCUT2D eigenvalue weighted by Gasteiger charge is 2.36. The Morgan fingerprint density at radius 2 is 1.91 bits per heavy atom. The molecule has 1 aliphatic heterocycles. The van der Waals surface area contributed by atoms with E-state index in [1.165, 1.54) is 36.3 Å². The third kappa shape index (κ3) is 3.63. The summed E-state index contributed by atoms with van der Waals surface area (Å²) in [6.07, 6.45) is 8.71. The molecule has 1 saturated carbocycles. The molecule has 1 aromatic carbocycles. The minimum absolute atomic E-state index is 0.0611. The number of nitrogens with two attached hydrogens (primary N) is 1. The predicted octanol–water partition coefficient (Wildman–Crippen LogP) is 4.13. The summed E-state index contributed by atoms with van der Waals surface area (Å²) in [6.45, 7) is 0.692. The monoisotopic (exact) mass is 335 g/mol. The number of thioether (sulfide) groups is 1. The van der Waals surface area contributed by atoms with Crippen molar-refractivity contribution in [3.05, 3.63) is 23.8 Å². The number of hydrogen-bond acceptors (Lipinski definition) is 4. The third-order valence-corrected chi connectivity index (χ3v) is 6.47. The van der Waals surface area contributed by atoms with Crippen molar-refractivity contribution in [3.63, 3.8) is 0 Å². The molecule has 3 nitrogen and oxygen atoms in total. The van der Waals surface area contributed by atoms with Crippen LogP contribution in [0.5, 0.6) is 11.5 Å². The Balaban J connectivity index is 1.94. The quantitative estimate of drug-likeness (QED) is 0.879. The Bertz CT molecular complexity index is 508. The molecule has 0 atom stereocenters. The lowest BCUT2D eigenvalue weighted by Gasteiger charge is -2.38. The molecule has 1 saturated heterocycles. The van der Waals surface area contributed by atoms with Gasteiger partial charge in [-0.15, -0.1) is 0 Å². The largest absolute Gasteiger partial charge is 0.493 e. The number of benzene rings is 1. The van der Waals surface area contributed by atoms with Crippen molar-refractivity contribution in [2.75, 3.05) is 25.2 Å². The van der Waals surface area contributed by atoms with Gasteiger partial charge >= 0.3 is 0 Å². The van der Waals surface area contributed by atoms with Crippen molar-refractivity contribution in [3.8, 4) is 11.5 Å². The predicted molar refractivity (Wildman–Crippen MR) is 97.8 cm³/mol. The zero-order chi connectivity index (χ0) is 16.1. The molecule has 0 radical (unpaired) electrons. The zero-order valence-corrected chi connectivity index (χ0v) is 15.0. The highest BCUT2D eigenvalue weighted by molar-refractivity contribution is 7.99. The van der Waals surface area contributed by atoms with Crippen LogP contribution in [-0.4, -0.2) is 31.3 Å². The molecule has 3 rings (SSSR count). The lowest BCUT2D eigenvalue weighted by molar-refractivity contribution is 0.175. The van der Waals surface area contributed by atoms with E-state index in [-0.39, 0.29) is 5.41 Å². The third-order valence-electron chi connectivity index (χ3n) is 5.42. The maximum atomic E-state index is 6.49. The Morgan fingerprint density at radius 1 is 1.17 bits per heavy atom. The maximum Gasteiger partial charge on any atom is 0.165 e. The Labute approximate surface area is 144 Å². The minimum Gasteiger partial charge on any atom is -0.493 e. The van der Waals surface area contributed by atoms with E-state index >= 15 is 0 Å². The molecule has 0 amide bonds. The summed E-state index contributed by atoms with van der Waals surface area (Å²) in [5.74, 6) is 4.20. The second-order valence-electron chi connectivity index (χ2n) is 6.81. The van der Waals surface area contributed by atoms with Gasteiger partial charge in [-0.2, -0.15) is 11.8 Å². The van der Waals surface area contributed by atoms with Gasteiger partial charge in [0.15, 0.2) is 11.5 Å². The summed E-state index contributed by atoms with van der Waals surface area (Å²) in [4.78, 5) is 0. The maximum absolute atomic E-state index is 6.49. The molecule has 1 aliphatic carbocycles. The summed E-state index contributed by atoms with van der Waals surface area (Å²) in [6, 6.07) is 6.32. The molecule has 4 heteroatoms. The van der Waals surface area contributed by atoms with E-state index in [4.69, 9.17) is 15.2 Å². The molecule has 0 spiro atoms. The van der Waals surface area contributed by atoms with Crippen molar-refractivity contribution in [2.45, 2.75) is 56.5 Å².